The lowest BCUT2D eigenvalue weighted by atomic mass is 10.0. The summed E-state index contributed by atoms with van der Waals surface area (Å²) in [6.07, 6.45) is 2.84. The minimum Gasteiger partial charge on any atom is -0.280 e. The normalized spacial score (nSPS) is 12.0. The molecule has 3 rings (SSSR count). The van der Waals surface area contributed by atoms with E-state index in [0.29, 0.717) is 11.5 Å². The summed E-state index contributed by atoms with van der Waals surface area (Å²) in [5.74, 6) is 0.322. The van der Waals surface area contributed by atoms with Gasteiger partial charge in [-0.3, -0.25) is 9.36 Å². The lowest BCUT2D eigenvalue weighted by Crippen LogP contribution is -2.15. The number of sulfone groups is 1. The predicted molar refractivity (Wildman–Crippen MR) is 109 cm³/mol. The number of hydrogen-bond acceptors (Lipinski definition) is 3. The van der Waals surface area contributed by atoms with Crippen LogP contribution in [0.4, 0.5) is 0 Å². The van der Waals surface area contributed by atoms with E-state index in [9.17, 15) is 13.2 Å². The van der Waals surface area contributed by atoms with Crippen LogP contribution in [0, 0.1) is 0 Å². The van der Waals surface area contributed by atoms with Crippen molar-refractivity contribution in [2.24, 2.45) is 0 Å². The predicted octanol–water partition coefficient (Wildman–Crippen LogP) is 4.81. The highest BCUT2D eigenvalue weighted by atomic mass is 32.2. The Labute approximate surface area is 160 Å². The van der Waals surface area contributed by atoms with Crippen molar-refractivity contribution < 1.29 is 13.2 Å². The number of carbonyl (C=O) groups is 1. The summed E-state index contributed by atoms with van der Waals surface area (Å²) in [7, 11) is -3.29. The Hall–Kier alpha value is -2.40. The van der Waals surface area contributed by atoms with Crippen LogP contribution < -0.4 is 0 Å². The largest absolute Gasteiger partial charge is 0.280 e. The SMILES string of the molecule is CCCc1cc2cc(S(C)(=O)=O)ccc2n1C(=O)c1ccc(C(C)C)cc1. The van der Waals surface area contributed by atoms with Gasteiger partial charge in [0.1, 0.15) is 0 Å². The molecule has 142 valence electrons. The molecule has 0 aliphatic rings. The zero-order valence-corrected chi connectivity index (χ0v) is 17.0. The third-order valence-electron chi connectivity index (χ3n) is 4.81. The summed E-state index contributed by atoms with van der Waals surface area (Å²) in [5.41, 5.74) is 3.46. The van der Waals surface area contributed by atoms with Crippen molar-refractivity contribution in [3.05, 3.63) is 65.4 Å². The number of fused-ring (bicyclic) bond motifs is 1. The van der Waals surface area contributed by atoms with E-state index >= 15 is 0 Å². The second-order valence-electron chi connectivity index (χ2n) is 7.30. The molecule has 0 saturated carbocycles. The summed E-state index contributed by atoms with van der Waals surface area (Å²) >= 11 is 0. The molecular weight excluding hydrogens is 358 g/mol. The van der Waals surface area contributed by atoms with Crippen molar-refractivity contribution in [2.75, 3.05) is 6.26 Å². The van der Waals surface area contributed by atoms with Crippen LogP contribution in [0.1, 0.15) is 54.7 Å². The molecule has 0 unspecified atom stereocenters. The molecule has 3 aromatic rings. The van der Waals surface area contributed by atoms with Gasteiger partial charge in [-0.25, -0.2) is 8.42 Å². The summed E-state index contributed by atoms with van der Waals surface area (Å²) in [6, 6.07) is 14.6. The molecule has 2 aromatic carbocycles. The minimum atomic E-state index is -3.29. The lowest BCUT2D eigenvalue weighted by Gasteiger charge is -2.11. The minimum absolute atomic E-state index is 0.0872. The first-order chi connectivity index (χ1) is 12.7. The van der Waals surface area contributed by atoms with E-state index in [1.165, 1.54) is 11.8 Å². The van der Waals surface area contributed by atoms with Gasteiger partial charge < -0.3 is 0 Å². The molecule has 0 saturated heterocycles. The van der Waals surface area contributed by atoms with E-state index in [1.807, 2.05) is 30.3 Å². The number of hydrogen-bond donors (Lipinski definition) is 0. The summed E-state index contributed by atoms with van der Waals surface area (Å²) in [6.45, 7) is 6.30. The third kappa shape index (κ3) is 3.83. The van der Waals surface area contributed by atoms with Crippen LogP contribution in [-0.4, -0.2) is 25.1 Å². The number of rotatable bonds is 5. The van der Waals surface area contributed by atoms with Crippen LogP contribution in [0.3, 0.4) is 0 Å². The highest BCUT2D eigenvalue weighted by Crippen LogP contribution is 2.26. The van der Waals surface area contributed by atoms with Gasteiger partial charge in [-0.05, 0) is 54.3 Å². The van der Waals surface area contributed by atoms with Crippen molar-refractivity contribution in [3.63, 3.8) is 0 Å². The Morgan fingerprint density at radius 1 is 1.04 bits per heavy atom. The Bertz CT molecular complexity index is 1090. The van der Waals surface area contributed by atoms with Gasteiger partial charge in [-0.1, -0.05) is 39.3 Å². The maximum absolute atomic E-state index is 13.2. The Morgan fingerprint density at radius 3 is 2.26 bits per heavy atom. The van der Waals surface area contributed by atoms with Crippen molar-refractivity contribution >= 4 is 26.6 Å². The van der Waals surface area contributed by atoms with Crippen LogP contribution in [0.2, 0.25) is 0 Å². The van der Waals surface area contributed by atoms with Gasteiger partial charge in [0, 0.05) is 22.9 Å². The number of carbonyl (C=O) groups excluding carboxylic acids is 1. The van der Waals surface area contributed by atoms with Crippen LogP contribution in [0.25, 0.3) is 10.9 Å². The molecule has 0 N–H and O–H groups in total. The van der Waals surface area contributed by atoms with E-state index in [-0.39, 0.29) is 10.8 Å². The third-order valence-corrected chi connectivity index (χ3v) is 5.92. The Morgan fingerprint density at radius 2 is 1.70 bits per heavy atom. The molecule has 0 amide bonds. The van der Waals surface area contributed by atoms with Crippen LogP contribution in [0.5, 0.6) is 0 Å². The highest BCUT2D eigenvalue weighted by Gasteiger charge is 2.18. The fourth-order valence-electron chi connectivity index (χ4n) is 3.30. The van der Waals surface area contributed by atoms with E-state index in [1.54, 1.807) is 22.8 Å². The first-order valence-electron chi connectivity index (χ1n) is 9.21. The molecule has 0 atom stereocenters. The first-order valence-corrected chi connectivity index (χ1v) is 11.1. The van der Waals surface area contributed by atoms with Gasteiger partial charge in [0.2, 0.25) is 0 Å². The molecule has 0 spiro atoms. The number of benzene rings is 2. The average Bonchev–Trinajstić information content (AvgIpc) is 2.98. The molecule has 4 nitrogen and oxygen atoms in total. The van der Waals surface area contributed by atoms with Gasteiger partial charge in [-0.15, -0.1) is 0 Å². The van der Waals surface area contributed by atoms with Crippen molar-refractivity contribution in [1.29, 1.82) is 0 Å². The second kappa shape index (κ2) is 7.31. The maximum Gasteiger partial charge on any atom is 0.262 e. The molecule has 5 heteroatoms. The zero-order chi connectivity index (χ0) is 19.8. The van der Waals surface area contributed by atoms with Crippen molar-refractivity contribution in [3.8, 4) is 0 Å². The number of aryl methyl sites for hydroxylation is 1. The quantitative estimate of drug-likeness (QED) is 0.635. The van der Waals surface area contributed by atoms with E-state index in [4.69, 9.17) is 0 Å². The molecular formula is C22H25NO3S. The van der Waals surface area contributed by atoms with Gasteiger partial charge in [0.05, 0.1) is 10.4 Å². The van der Waals surface area contributed by atoms with Crippen molar-refractivity contribution in [1.82, 2.24) is 4.57 Å². The van der Waals surface area contributed by atoms with Crippen LogP contribution in [-0.2, 0) is 16.3 Å². The lowest BCUT2D eigenvalue weighted by molar-refractivity contribution is 0.0962. The molecule has 0 radical (unpaired) electrons. The highest BCUT2D eigenvalue weighted by molar-refractivity contribution is 7.90. The Kier molecular flexibility index (Phi) is 5.24. The molecule has 0 aliphatic carbocycles. The fraction of sp³-hybridized carbons (Fsp3) is 0.318. The summed E-state index contributed by atoms with van der Waals surface area (Å²) in [4.78, 5) is 13.5. The molecule has 0 fully saturated rings. The average molecular weight is 384 g/mol. The van der Waals surface area contributed by atoms with Gasteiger partial charge in [-0.2, -0.15) is 0 Å². The van der Waals surface area contributed by atoms with Crippen LogP contribution >= 0.6 is 0 Å². The fourth-order valence-corrected chi connectivity index (χ4v) is 3.96. The second-order valence-corrected chi connectivity index (χ2v) is 9.31. The van der Waals surface area contributed by atoms with Crippen molar-refractivity contribution in [2.45, 2.75) is 44.4 Å². The molecule has 1 heterocycles. The summed E-state index contributed by atoms with van der Waals surface area (Å²) in [5, 5.41) is 0.772. The van der Waals surface area contributed by atoms with E-state index in [2.05, 4.69) is 20.8 Å². The topological polar surface area (TPSA) is 56.1 Å². The summed E-state index contributed by atoms with van der Waals surface area (Å²) < 4.78 is 25.4. The Balaban J connectivity index is 2.13. The van der Waals surface area contributed by atoms with E-state index < -0.39 is 9.84 Å². The monoisotopic (exact) mass is 383 g/mol. The van der Waals surface area contributed by atoms with E-state index in [0.717, 1.165) is 29.4 Å². The molecule has 0 bridgehead atoms. The maximum atomic E-state index is 13.2. The van der Waals surface area contributed by atoms with Crippen LogP contribution in [0.15, 0.2) is 53.4 Å². The molecule has 27 heavy (non-hydrogen) atoms. The van der Waals surface area contributed by atoms with Gasteiger partial charge >= 0.3 is 0 Å². The molecule has 0 aliphatic heterocycles. The molecule has 1 aromatic heterocycles. The standard InChI is InChI=1S/C22H25NO3S/c1-5-6-19-13-18-14-20(27(4,25)26)11-12-21(18)23(19)22(24)17-9-7-16(8-10-17)15(2)3/h7-15H,5-6H2,1-4H3. The first kappa shape index (κ1) is 19.4. The number of nitrogens with zero attached hydrogens (tertiary/aromatic N) is 1. The zero-order valence-electron chi connectivity index (χ0n) is 16.2. The number of aromatic nitrogens is 1. The smallest absolute Gasteiger partial charge is 0.262 e. The van der Waals surface area contributed by atoms with Gasteiger partial charge in [0.15, 0.2) is 9.84 Å². The van der Waals surface area contributed by atoms with Gasteiger partial charge in [0.25, 0.3) is 5.91 Å².